The topological polar surface area (TPSA) is 70.7 Å². The first-order valence-electron chi connectivity index (χ1n) is 8.29. The number of halogens is 2. The van der Waals surface area contributed by atoms with Crippen molar-refractivity contribution < 1.29 is 4.79 Å². The SMILES string of the molecule is Cc1ccc(-c2nc(SCC(=O)NC(C)c3ccc(Cl)c(Cl)c3)n[nH]2)cc1. The second-order valence-corrected chi connectivity index (χ2v) is 7.84. The number of hydrogen-bond donors (Lipinski definition) is 2. The van der Waals surface area contributed by atoms with Gasteiger partial charge in [-0.2, -0.15) is 0 Å². The normalized spacial score (nSPS) is 12.0. The maximum atomic E-state index is 12.2. The quantitative estimate of drug-likeness (QED) is 0.546. The Hall–Kier alpha value is -2.02. The van der Waals surface area contributed by atoms with Gasteiger partial charge in [-0.3, -0.25) is 9.89 Å². The van der Waals surface area contributed by atoms with Crippen molar-refractivity contribution in [1.82, 2.24) is 20.5 Å². The van der Waals surface area contributed by atoms with E-state index in [1.807, 2.05) is 44.2 Å². The summed E-state index contributed by atoms with van der Waals surface area (Å²) in [7, 11) is 0. The molecule has 5 nitrogen and oxygen atoms in total. The number of hydrogen-bond acceptors (Lipinski definition) is 4. The number of nitrogens with one attached hydrogen (secondary N) is 2. The van der Waals surface area contributed by atoms with Crippen molar-refractivity contribution >= 4 is 40.9 Å². The Morgan fingerprint density at radius 2 is 1.93 bits per heavy atom. The third kappa shape index (κ3) is 5.25. The van der Waals surface area contributed by atoms with E-state index < -0.39 is 0 Å². The lowest BCUT2D eigenvalue weighted by Gasteiger charge is -2.14. The maximum Gasteiger partial charge on any atom is 0.230 e. The van der Waals surface area contributed by atoms with E-state index in [1.165, 1.54) is 17.3 Å². The first kappa shape index (κ1) is 19.7. The van der Waals surface area contributed by atoms with Crippen LogP contribution >= 0.6 is 35.0 Å². The summed E-state index contributed by atoms with van der Waals surface area (Å²) in [6, 6.07) is 13.1. The molecule has 0 bridgehead atoms. The molecule has 0 fully saturated rings. The van der Waals surface area contributed by atoms with E-state index in [0.717, 1.165) is 11.1 Å². The van der Waals surface area contributed by atoms with E-state index in [0.29, 0.717) is 21.0 Å². The summed E-state index contributed by atoms with van der Waals surface area (Å²) in [5, 5.41) is 11.5. The molecule has 2 N–H and O–H groups in total. The van der Waals surface area contributed by atoms with E-state index in [9.17, 15) is 4.79 Å². The first-order valence-corrected chi connectivity index (χ1v) is 10.0. The van der Waals surface area contributed by atoms with Gasteiger partial charge in [0, 0.05) is 5.56 Å². The number of nitrogens with zero attached hydrogens (tertiary/aromatic N) is 2. The van der Waals surface area contributed by atoms with Crippen LogP contribution in [0.3, 0.4) is 0 Å². The van der Waals surface area contributed by atoms with Gasteiger partial charge in [0.05, 0.1) is 21.8 Å². The third-order valence-electron chi connectivity index (χ3n) is 3.94. The van der Waals surface area contributed by atoms with Gasteiger partial charge in [-0.25, -0.2) is 4.98 Å². The lowest BCUT2D eigenvalue weighted by Crippen LogP contribution is -2.28. The lowest BCUT2D eigenvalue weighted by atomic mass is 10.1. The average Bonchev–Trinajstić information content (AvgIpc) is 3.12. The molecule has 140 valence electrons. The Labute approximate surface area is 171 Å². The molecule has 3 aromatic rings. The molecule has 1 amide bonds. The van der Waals surface area contributed by atoms with Crippen LogP contribution < -0.4 is 5.32 Å². The Bertz CT molecular complexity index is 943. The summed E-state index contributed by atoms with van der Waals surface area (Å²) in [6.07, 6.45) is 0. The molecule has 3 rings (SSSR count). The minimum Gasteiger partial charge on any atom is -0.349 e. The number of aromatic amines is 1. The number of carbonyl (C=O) groups excluding carboxylic acids is 1. The molecule has 2 aromatic carbocycles. The highest BCUT2D eigenvalue weighted by Gasteiger charge is 2.13. The smallest absolute Gasteiger partial charge is 0.230 e. The van der Waals surface area contributed by atoms with Crippen LogP contribution in [0.4, 0.5) is 0 Å². The Morgan fingerprint density at radius 1 is 1.19 bits per heavy atom. The van der Waals surface area contributed by atoms with Gasteiger partial charge in [-0.05, 0) is 31.5 Å². The van der Waals surface area contributed by atoms with Gasteiger partial charge in [0.15, 0.2) is 5.82 Å². The fourth-order valence-corrected chi connectivity index (χ4v) is 3.35. The number of amides is 1. The highest BCUT2D eigenvalue weighted by Crippen LogP contribution is 2.26. The van der Waals surface area contributed by atoms with E-state index in [2.05, 4.69) is 20.5 Å². The van der Waals surface area contributed by atoms with Gasteiger partial charge in [0.25, 0.3) is 0 Å². The summed E-state index contributed by atoms with van der Waals surface area (Å²) < 4.78 is 0. The number of thioether (sulfide) groups is 1. The average molecular weight is 421 g/mol. The zero-order valence-corrected chi connectivity index (χ0v) is 17.1. The standard InChI is InChI=1S/C19H18Cl2N4OS/c1-11-3-5-13(6-4-11)18-23-19(25-24-18)27-10-17(26)22-12(2)14-7-8-15(20)16(21)9-14/h3-9,12H,10H2,1-2H3,(H,22,26)(H,23,24,25). The van der Waals surface area contributed by atoms with Crippen molar-refractivity contribution in [3.8, 4) is 11.4 Å². The molecule has 0 aliphatic rings. The molecule has 0 saturated carbocycles. The highest BCUT2D eigenvalue weighted by atomic mass is 35.5. The Morgan fingerprint density at radius 3 is 2.63 bits per heavy atom. The van der Waals surface area contributed by atoms with Crippen molar-refractivity contribution in [3.63, 3.8) is 0 Å². The summed E-state index contributed by atoms with van der Waals surface area (Å²) in [4.78, 5) is 16.6. The minimum atomic E-state index is -0.178. The zero-order valence-electron chi connectivity index (χ0n) is 14.8. The number of H-pyrrole nitrogens is 1. The predicted molar refractivity (Wildman–Crippen MR) is 110 cm³/mol. The molecule has 0 saturated heterocycles. The highest BCUT2D eigenvalue weighted by molar-refractivity contribution is 7.99. The largest absolute Gasteiger partial charge is 0.349 e. The molecule has 1 unspecified atom stereocenters. The summed E-state index contributed by atoms with van der Waals surface area (Å²) in [5.74, 6) is 0.791. The second-order valence-electron chi connectivity index (χ2n) is 6.08. The number of benzene rings is 2. The molecule has 0 aliphatic heterocycles. The Balaban J connectivity index is 1.54. The van der Waals surface area contributed by atoms with Gasteiger partial charge in [-0.1, -0.05) is 70.9 Å². The monoisotopic (exact) mass is 420 g/mol. The summed E-state index contributed by atoms with van der Waals surface area (Å²) in [6.45, 7) is 3.92. The third-order valence-corrected chi connectivity index (χ3v) is 5.53. The van der Waals surface area contributed by atoms with Gasteiger partial charge >= 0.3 is 0 Å². The van der Waals surface area contributed by atoms with Crippen LogP contribution in [0.2, 0.25) is 10.0 Å². The fraction of sp³-hybridized carbons (Fsp3) is 0.211. The molecule has 0 radical (unpaired) electrons. The van der Waals surface area contributed by atoms with Crippen molar-refractivity contribution in [2.24, 2.45) is 0 Å². The van der Waals surface area contributed by atoms with Gasteiger partial charge in [-0.15, -0.1) is 5.10 Å². The van der Waals surface area contributed by atoms with Crippen molar-refractivity contribution in [3.05, 3.63) is 63.6 Å². The second kappa shape index (κ2) is 8.78. The van der Waals surface area contributed by atoms with Crippen LogP contribution in [0.5, 0.6) is 0 Å². The van der Waals surface area contributed by atoms with Gasteiger partial charge < -0.3 is 5.32 Å². The summed E-state index contributed by atoms with van der Waals surface area (Å²) >= 11 is 13.2. The van der Waals surface area contributed by atoms with E-state index in [-0.39, 0.29) is 17.7 Å². The van der Waals surface area contributed by atoms with Crippen LogP contribution in [-0.2, 0) is 4.79 Å². The molecule has 27 heavy (non-hydrogen) atoms. The number of rotatable bonds is 6. The molecule has 8 heteroatoms. The van der Waals surface area contributed by atoms with Gasteiger partial charge in [0.2, 0.25) is 11.1 Å². The minimum absolute atomic E-state index is 0.111. The summed E-state index contributed by atoms with van der Waals surface area (Å²) in [5.41, 5.74) is 3.03. The molecule has 1 atom stereocenters. The number of aromatic nitrogens is 3. The maximum absolute atomic E-state index is 12.2. The van der Waals surface area contributed by atoms with Crippen LogP contribution in [0, 0.1) is 6.92 Å². The van der Waals surface area contributed by atoms with E-state index in [4.69, 9.17) is 23.2 Å². The molecule has 1 aromatic heterocycles. The van der Waals surface area contributed by atoms with Gasteiger partial charge in [0.1, 0.15) is 0 Å². The zero-order chi connectivity index (χ0) is 19.4. The first-order chi connectivity index (χ1) is 12.9. The van der Waals surface area contributed by atoms with Crippen molar-refractivity contribution in [1.29, 1.82) is 0 Å². The van der Waals surface area contributed by atoms with E-state index >= 15 is 0 Å². The van der Waals surface area contributed by atoms with Crippen LogP contribution in [0.1, 0.15) is 24.1 Å². The number of carbonyl (C=O) groups is 1. The Kier molecular flexibility index (Phi) is 6.42. The molecule has 0 spiro atoms. The van der Waals surface area contributed by atoms with Crippen molar-refractivity contribution in [2.45, 2.75) is 25.0 Å². The lowest BCUT2D eigenvalue weighted by molar-refractivity contribution is -0.119. The molecular formula is C19H18Cl2N4OS. The molecule has 0 aliphatic carbocycles. The predicted octanol–water partition coefficient (Wildman–Crippen LogP) is 5.06. The van der Waals surface area contributed by atoms with Crippen molar-refractivity contribution in [2.75, 3.05) is 5.75 Å². The molecule has 1 heterocycles. The number of aryl methyl sites for hydroxylation is 1. The van der Waals surface area contributed by atoms with E-state index in [1.54, 1.807) is 12.1 Å². The van der Waals surface area contributed by atoms with Crippen LogP contribution in [0.15, 0.2) is 47.6 Å². The fourth-order valence-electron chi connectivity index (χ4n) is 2.43. The molecular weight excluding hydrogens is 403 g/mol. The van der Waals surface area contributed by atoms with Crippen LogP contribution in [0.25, 0.3) is 11.4 Å². The van der Waals surface area contributed by atoms with Crippen LogP contribution in [-0.4, -0.2) is 26.8 Å².